The zero-order chi connectivity index (χ0) is 62.1. The van der Waals surface area contributed by atoms with Crippen LogP contribution in [0.5, 0.6) is 0 Å². The molecule has 16 aromatic rings. The van der Waals surface area contributed by atoms with Crippen molar-refractivity contribution in [1.82, 2.24) is 0 Å². The SMILES string of the molecule is C1=CC(c2ccc3c(c2)c2cc(-c4ccc5ccccc5c4)ccc2c2c(-c4ccc(N(c5ccc6ccccc6c5)c5ccc6ccccc6c5)cc4)c(-c4ccccc4)cc(C4=CC=C(N(c5ccc6ccccc6c5)c5ccc6ccccc6c5)CC4)c32)=CCC1. The van der Waals surface area contributed by atoms with Crippen LogP contribution in [0.15, 0.2) is 345 Å². The molecule has 0 heterocycles. The molecule has 0 saturated carbocycles. The van der Waals surface area contributed by atoms with Gasteiger partial charge in [-0.2, -0.15) is 0 Å². The number of allylic oxidation sites excluding steroid dienone is 8. The molecule has 0 amide bonds. The van der Waals surface area contributed by atoms with E-state index in [4.69, 9.17) is 0 Å². The van der Waals surface area contributed by atoms with Crippen molar-refractivity contribution in [2.24, 2.45) is 0 Å². The van der Waals surface area contributed by atoms with Crippen molar-refractivity contribution in [3.8, 4) is 33.4 Å². The Balaban J connectivity index is 0.895. The first-order valence-corrected chi connectivity index (χ1v) is 33.0. The zero-order valence-corrected chi connectivity index (χ0v) is 52.1. The Morgan fingerprint density at radius 1 is 0.255 bits per heavy atom. The summed E-state index contributed by atoms with van der Waals surface area (Å²) < 4.78 is 0. The highest BCUT2D eigenvalue weighted by atomic mass is 15.2. The number of hydrogen-bond donors (Lipinski definition) is 0. The van der Waals surface area contributed by atoms with Crippen LogP contribution >= 0.6 is 0 Å². The monoisotopic (exact) mass is 1200 g/mol. The minimum absolute atomic E-state index is 0.840. The van der Waals surface area contributed by atoms with Crippen LogP contribution in [0.2, 0.25) is 0 Å². The minimum atomic E-state index is 0.840. The normalized spacial score (nSPS) is 13.3. The van der Waals surface area contributed by atoms with Gasteiger partial charge in [-0.05, 0) is 259 Å². The summed E-state index contributed by atoms with van der Waals surface area (Å²) in [6.45, 7) is 0. The van der Waals surface area contributed by atoms with Crippen LogP contribution in [0.1, 0.15) is 36.8 Å². The maximum atomic E-state index is 2.56. The third-order valence-electron chi connectivity index (χ3n) is 19.8. The fourth-order valence-corrected chi connectivity index (χ4v) is 15.2. The van der Waals surface area contributed by atoms with Crippen LogP contribution in [-0.4, -0.2) is 0 Å². The highest BCUT2D eigenvalue weighted by molar-refractivity contribution is 6.32. The van der Waals surface area contributed by atoms with E-state index in [1.807, 2.05) is 0 Å². The largest absolute Gasteiger partial charge is 0.314 e. The zero-order valence-electron chi connectivity index (χ0n) is 52.1. The summed E-state index contributed by atoms with van der Waals surface area (Å²) in [5.41, 5.74) is 19.1. The van der Waals surface area contributed by atoms with E-state index in [9.17, 15) is 0 Å². The average Bonchev–Trinajstić information content (AvgIpc) is 0.707. The first kappa shape index (κ1) is 55.0. The van der Waals surface area contributed by atoms with Crippen molar-refractivity contribution < 1.29 is 0 Å². The van der Waals surface area contributed by atoms with Gasteiger partial charge in [0, 0.05) is 34.1 Å². The van der Waals surface area contributed by atoms with Gasteiger partial charge in [-0.1, -0.05) is 249 Å². The minimum Gasteiger partial charge on any atom is -0.314 e. The van der Waals surface area contributed by atoms with Gasteiger partial charge < -0.3 is 9.80 Å². The number of anilines is 5. The molecule has 2 nitrogen and oxygen atoms in total. The highest BCUT2D eigenvalue weighted by Gasteiger charge is 2.27. The molecule has 442 valence electrons. The first-order valence-electron chi connectivity index (χ1n) is 33.0. The van der Waals surface area contributed by atoms with E-state index in [-0.39, 0.29) is 0 Å². The second-order valence-corrected chi connectivity index (χ2v) is 25.4. The van der Waals surface area contributed by atoms with Gasteiger partial charge in [-0.15, -0.1) is 0 Å². The lowest BCUT2D eigenvalue weighted by atomic mass is 9.79. The predicted molar refractivity (Wildman–Crippen MR) is 404 cm³/mol. The van der Waals surface area contributed by atoms with Crippen molar-refractivity contribution in [1.29, 1.82) is 0 Å². The van der Waals surface area contributed by atoms with E-state index in [0.29, 0.717) is 0 Å². The molecule has 0 fully saturated rings. The second kappa shape index (κ2) is 23.1. The van der Waals surface area contributed by atoms with Crippen LogP contribution in [-0.2, 0) is 0 Å². The molecule has 2 heteroatoms. The Bertz CT molecular complexity index is 5700. The summed E-state index contributed by atoms with van der Waals surface area (Å²) in [6, 6.07) is 116. The van der Waals surface area contributed by atoms with Crippen LogP contribution in [0.4, 0.5) is 28.4 Å². The summed E-state index contributed by atoms with van der Waals surface area (Å²) in [5.74, 6) is 0. The molecular formula is C92H64N2. The van der Waals surface area contributed by atoms with E-state index in [2.05, 4.69) is 350 Å². The molecule has 0 unspecified atom stereocenters. The van der Waals surface area contributed by atoms with Crippen molar-refractivity contribution in [3.63, 3.8) is 0 Å². The van der Waals surface area contributed by atoms with Gasteiger partial charge >= 0.3 is 0 Å². The fraction of sp³-hybridized carbons (Fsp3) is 0.0435. The Hall–Kier alpha value is -11.8. The third kappa shape index (κ3) is 9.82. The van der Waals surface area contributed by atoms with Gasteiger partial charge in [0.25, 0.3) is 0 Å². The van der Waals surface area contributed by atoms with Crippen LogP contribution in [0.25, 0.3) is 131 Å². The summed E-state index contributed by atoms with van der Waals surface area (Å²) >= 11 is 0. The number of benzene rings is 16. The van der Waals surface area contributed by atoms with E-state index >= 15 is 0 Å². The van der Waals surface area contributed by atoms with Gasteiger partial charge in [0.2, 0.25) is 0 Å². The van der Waals surface area contributed by atoms with Crippen molar-refractivity contribution in [3.05, 3.63) is 357 Å². The van der Waals surface area contributed by atoms with Crippen molar-refractivity contribution in [2.75, 3.05) is 9.80 Å². The Labute approximate surface area is 547 Å². The van der Waals surface area contributed by atoms with Crippen molar-refractivity contribution >= 4 is 126 Å². The molecule has 18 rings (SSSR count). The quantitative estimate of drug-likeness (QED) is 0.119. The molecule has 2 aliphatic carbocycles. The predicted octanol–water partition coefficient (Wildman–Crippen LogP) is 26.0. The Kier molecular flexibility index (Phi) is 13.5. The molecule has 0 bridgehead atoms. The molecule has 0 aromatic heterocycles. The molecule has 16 aromatic carbocycles. The lowest BCUT2D eigenvalue weighted by Crippen LogP contribution is -2.18. The van der Waals surface area contributed by atoms with Gasteiger partial charge in [0.15, 0.2) is 0 Å². The van der Waals surface area contributed by atoms with E-state index < -0.39 is 0 Å². The van der Waals surface area contributed by atoms with Gasteiger partial charge in [-0.25, -0.2) is 0 Å². The maximum absolute atomic E-state index is 2.56. The number of nitrogens with zero attached hydrogens (tertiary/aromatic N) is 2. The van der Waals surface area contributed by atoms with Crippen LogP contribution in [0, 0.1) is 0 Å². The van der Waals surface area contributed by atoms with Crippen LogP contribution < -0.4 is 9.80 Å². The van der Waals surface area contributed by atoms with Gasteiger partial charge in [0.1, 0.15) is 0 Å². The molecule has 0 radical (unpaired) electrons. The Morgan fingerprint density at radius 3 is 1.21 bits per heavy atom. The lowest BCUT2D eigenvalue weighted by molar-refractivity contribution is 0.932. The molecule has 94 heavy (non-hydrogen) atoms. The van der Waals surface area contributed by atoms with Crippen molar-refractivity contribution in [2.45, 2.75) is 25.7 Å². The summed E-state index contributed by atoms with van der Waals surface area (Å²) in [6.07, 6.45) is 15.7. The summed E-state index contributed by atoms with van der Waals surface area (Å²) in [4.78, 5) is 4.92. The Morgan fingerprint density at radius 2 is 0.691 bits per heavy atom. The summed E-state index contributed by atoms with van der Waals surface area (Å²) in [7, 11) is 0. The number of rotatable bonds is 11. The molecule has 2 aliphatic rings. The summed E-state index contributed by atoms with van der Waals surface area (Å²) in [5, 5.41) is 19.7. The maximum Gasteiger partial charge on any atom is 0.0468 e. The highest BCUT2D eigenvalue weighted by Crippen LogP contribution is 2.52. The molecule has 0 aliphatic heterocycles. The molecule has 0 saturated heterocycles. The molecule has 0 atom stereocenters. The molecule has 0 spiro atoms. The first-order chi connectivity index (χ1) is 46.6. The van der Waals surface area contributed by atoms with E-state index in [0.717, 1.165) is 59.7 Å². The van der Waals surface area contributed by atoms with Gasteiger partial charge in [0.05, 0.1) is 0 Å². The topological polar surface area (TPSA) is 6.48 Å². The molecule has 0 N–H and O–H groups in total. The van der Waals surface area contributed by atoms with Crippen LogP contribution in [0.3, 0.4) is 0 Å². The molecular weight excluding hydrogens is 1130 g/mol. The third-order valence-corrected chi connectivity index (χ3v) is 19.8. The lowest BCUT2D eigenvalue weighted by Gasteiger charge is -2.31. The fourth-order valence-electron chi connectivity index (χ4n) is 15.2. The smallest absolute Gasteiger partial charge is 0.0468 e. The second-order valence-electron chi connectivity index (χ2n) is 25.4. The number of hydrogen-bond acceptors (Lipinski definition) is 2. The standard InChI is InChI=1S/C92H64N2/c1-3-17-61(18-4-1)76-41-51-84-88(58-76)89-59-77(75-32-31-62-19-7-12-26-70(62)53-75)42-52-85(89)92-90(69-39-45-79(46-40-69)94(82-49-35-65-22-10-15-29-73(65)56-82)83-50-36-66-23-11-16-30-74(66)57-83)86(67-24-5-2-6-25-67)60-87(91(84)92)68-37-43-78(44-38-68)93(80-47-33-63-20-8-13-27-71(63)54-80)81-48-34-64-21-9-14-28-72(64)55-81/h2-3,5-37,39-43,45-60H,1,4,38,44H2. The van der Waals surface area contributed by atoms with Gasteiger partial charge in [-0.3, -0.25) is 0 Å². The van der Waals surface area contributed by atoms with E-state index in [1.165, 1.54) is 142 Å². The van der Waals surface area contributed by atoms with E-state index in [1.54, 1.807) is 0 Å². The average molecular weight is 1200 g/mol. The number of fused-ring (bicyclic) bond motifs is 11.